The zero-order valence-electron chi connectivity index (χ0n) is 19.8. The lowest BCUT2D eigenvalue weighted by Crippen LogP contribution is -2.41. The van der Waals surface area contributed by atoms with E-state index in [0.29, 0.717) is 40.8 Å². The van der Waals surface area contributed by atoms with E-state index in [1.54, 1.807) is 30.0 Å². The number of ether oxygens (including phenoxy) is 3. The number of aliphatic imine (C=N–C) groups is 1. The van der Waals surface area contributed by atoms with Crippen LogP contribution >= 0.6 is 11.8 Å². The fourth-order valence-corrected chi connectivity index (χ4v) is 4.82. The topological polar surface area (TPSA) is 94.5 Å². The lowest BCUT2D eigenvalue weighted by atomic mass is 9.93. The second-order valence-electron chi connectivity index (χ2n) is 8.24. The number of nitrogens with zero attached hydrogens (tertiary/aromatic N) is 2. The van der Waals surface area contributed by atoms with Gasteiger partial charge in [-0.1, -0.05) is 38.6 Å². The van der Waals surface area contributed by atoms with Crippen LogP contribution in [0.15, 0.2) is 34.5 Å². The first-order valence-corrected chi connectivity index (χ1v) is 12.0. The van der Waals surface area contributed by atoms with Gasteiger partial charge in [0.15, 0.2) is 16.7 Å². The molecule has 0 saturated carbocycles. The first kappa shape index (κ1) is 24.8. The quantitative estimate of drug-likeness (QED) is 0.411. The van der Waals surface area contributed by atoms with Crippen molar-refractivity contribution in [2.45, 2.75) is 59.3 Å². The van der Waals surface area contributed by atoms with Gasteiger partial charge in [-0.25, -0.2) is 9.79 Å². The molecule has 33 heavy (non-hydrogen) atoms. The molecule has 0 unspecified atom stereocenters. The third kappa shape index (κ3) is 5.24. The van der Waals surface area contributed by atoms with Gasteiger partial charge < -0.3 is 14.2 Å². The number of benzene rings is 1. The molecule has 0 spiro atoms. The molecule has 2 aliphatic heterocycles. The Balaban J connectivity index is 2.12. The smallest absolute Gasteiger partial charge is 0.338 e. The molecular weight excluding hydrogens is 444 g/mol. The van der Waals surface area contributed by atoms with Gasteiger partial charge in [-0.15, -0.1) is 0 Å². The fourth-order valence-electron chi connectivity index (χ4n) is 3.69. The van der Waals surface area contributed by atoms with E-state index in [4.69, 9.17) is 14.2 Å². The van der Waals surface area contributed by atoms with E-state index in [9.17, 15) is 14.4 Å². The molecule has 1 aromatic carbocycles. The molecule has 0 radical (unpaired) electrons. The van der Waals surface area contributed by atoms with Crippen LogP contribution in [0.3, 0.4) is 0 Å². The van der Waals surface area contributed by atoms with Gasteiger partial charge in [-0.3, -0.25) is 14.5 Å². The molecule has 1 saturated heterocycles. The van der Waals surface area contributed by atoms with Crippen molar-refractivity contribution >= 4 is 34.8 Å². The minimum Gasteiger partial charge on any atom is -0.490 e. The van der Waals surface area contributed by atoms with Crippen LogP contribution in [0.1, 0.15) is 59.6 Å². The normalized spacial score (nSPS) is 20.0. The number of hydrogen-bond donors (Lipinski definition) is 0. The summed E-state index contributed by atoms with van der Waals surface area (Å²) in [5.74, 6) is -0.286. The van der Waals surface area contributed by atoms with E-state index in [0.717, 1.165) is 0 Å². The maximum Gasteiger partial charge on any atom is 0.338 e. The average Bonchev–Trinajstić information content (AvgIpc) is 3.07. The molecule has 9 heteroatoms. The van der Waals surface area contributed by atoms with E-state index in [1.165, 1.54) is 18.7 Å². The highest BCUT2D eigenvalue weighted by Gasteiger charge is 2.47. The number of amidine groups is 1. The largest absolute Gasteiger partial charge is 0.490 e. The van der Waals surface area contributed by atoms with Gasteiger partial charge in [0.05, 0.1) is 35.8 Å². The van der Waals surface area contributed by atoms with Crippen LogP contribution in [0.2, 0.25) is 0 Å². The van der Waals surface area contributed by atoms with Crippen LogP contribution in [-0.4, -0.2) is 46.4 Å². The molecule has 1 fully saturated rings. The Labute approximate surface area is 198 Å². The Kier molecular flexibility index (Phi) is 7.84. The number of fused-ring (bicyclic) bond motifs is 1. The molecule has 178 valence electrons. The van der Waals surface area contributed by atoms with Crippen LogP contribution in [0, 0.1) is 5.92 Å². The summed E-state index contributed by atoms with van der Waals surface area (Å²) in [4.78, 5) is 44.1. The highest BCUT2D eigenvalue weighted by molar-refractivity contribution is 8.15. The number of carbonyl (C=O) groups is 3. The van der Waals surface area contributed by atoms with Gasteiger partial charge in [0.2, 0.25) is 5.91 Å². The van der Waals surface area contributed by atoms with Crippen LogP contribution in [-0.2, 0) is 19.1 Å². The highest BCUT2D eigenvalue weighted by Crippen LogP contribution is 2.45. The second-order valence-corrected chi connectivity index (χ2v) is 9.41. The molecule has 2 atom stereocenters. The number of carbonyl (C=O) groups excluding carboxylic acids is 3. The molecule has 0 N–H and O–H groups in total. The van der Waals surface area contributed by atoms with E-state index in [-0.39, 0.29) is 29.4 Å². The Morgan fingerprint density at radius 2 is 1.94 bits per heavy atom. The third-order valence-corrected chi connectivity index (χ3v) is 6.45. The predicted molar refractivity (Wildman–Crippen MR) is 126 cm³/mol. The summed E-state index contributed by atoms with van der Waals surface area (Å²) in [6.07, 6.45) is 0.646. The lowest BCUT2D eigenvalue weighted by Gasteiger charge is -2.33. The van der Waals surface area contributed by atoms with E-state index in [1.807, 2.05) is 27.7 Å². The van der Waals surface area contributed by atoms with E-state index >= 15 is 0 Å². The molecule has 8 nitrogen and oxygen atoms in total. The molecule has 0 bridgehead atoms. The Hall–Kier alpha value is -2.81. The van der Waals surface area contributed by atoms with Crippen LogP contribution in [0.4, 0.5) is 0 Å². The summed E-state index contributed by atoms with van der Waals surface area (Å²) in [7, 11) is 0. The number of thioether (sulfide) groups is 1. The standard InChI is InChI=1S/C24H30N2O6S/c1-7-19-22(28)26-21(16-9-10-17(32-15(6)27)18(11-16)30-8-2)20(14(5)25-24(26)33-19)23(29)31-12-13(3)4/h9-11,13,19,21H,7-8,12H2,1-6H3/t19-,21+/m1/s1. The number of hydrogen-bond acceptors (Lipinski definition) is 8. The van der Waals surface area contributed by atoms with Crippen molar-refractivity contribution in [3.63, 3.8) is 0 Å². The number of esters is 2. The van der Waals surface area contributed by atoms with Crippen molar-refractivity contribution in [1.29, 1.82) is 0 Å². The minimum atomic E-state index is -0.723. The minimum absolute atomic E-state index is 0.102. The molecule has 0 aliphatic carbocycles. The third-order valence-electron chi connectivity index (χ3n) is 5.13. The second kappa shape index (κ2) is 10.4. The van der Waals surface area contributed by atoms with Crippen LogP contribution in [0.5, 0.6) is 11.5 Å². The molecule has 3 rings (SSSR count). The highest BCUT2D eigenvalue weighted by atomic mass is 32.2. The summed E-state index contributed by atoms with van der Waals surface area (Å²) >= 11 is 1.40. The van der Waals surface area contributed by atoms with E-state index < -0.39 is 18.0 Å². The first-order valence-electron chi connectivity index (χ1n) is 11.1. The fraction of sp³-hybridized carbons (Fsp3) is 0.500. The number of rotatable bonds is 8. The van der Waals surface area contributed by atoms with Gasteiger partial charge in [0.25, 0.3) is 0 Å². The van der Waals surface area contributed by atoms with E-state index in [2.05, 4.69) is 4.99 Å². The molecule has 1 aromatic rings. The predicted octanol–water partition coefficient (Wildman–Crippen LogP) is 4.25. The van der Waals surface area contributed by atoms with Gasteiger partial charge in [-0.2, -0.15) is 0 Å². The Bertz CT molecular complexity index is 1020. The molecule has 1 amide bonds. The van der Waals surface area contributed by atoms with Gasteiger partial charge in [-0.05, 0) is 43.9 Å². The maximum atomic E-state index is 13.3. The maximum absolute atomic E-state index is 13.3. The zero-order valence-corrected chi connectivity index (χ0v) is 20.7. The molecule has 2 aliphatic rings. The molecule has 0 aromatic heterocycles. The summed E-state index contributed by atoms with van der Waals surface area (Å²) in [5.41, 5.74) is 1.47. The average molecular weight is 475 g/mol. The summed E-state index contributed by atoms with van der Waals surface area (Å²) in [6, 6.07) is 4.33. The van der Waals surface area contributed by atoms with Crippen molar-refractivity contribution in [3.05, 3.63) is 35.0 Å². The summed E-state index contributed by atoms with van der Waals surface area (Å²) < 4.78 is 16.5. The molecular formula is C24H30N2O6S. The van der Waals surface area contributed by atoms with Crippen molar-refractivity contribution in [2.24, 2.45) is 10.9 Å². The van der Waals surface area contributed by atoms with Crippen molar-refractivity contribution in [1.82, 2.24) is 4.90 Å². The van der Waals surface area contributed by atoms with Crippen molar-refractivity contribution in [2.75, 3.05) is 13.2 Å². The van der Waals surface area contributed by atoms with Crippen LogP contribution in [0.25, 0.3) is 0 Å². The van der Waals surface area contributed by atoms with Gasteiger partial charge in [0, 0.05) is 6.92 Å². The monoisotopic (exact) mass is 474 g/mol. The van der Waals surface area contributed by atoms with Crippen molar-refractivity contribution < 1.29 is 28.6 Å². The molecule has 2 heterocycles. The number of allylic oxidation sites excluding steroid dienone is 1. The first-order chi connectivity index (χ1) is 15.7. The van der Waals surface area contributed by atoms with Crippen molar-refractivity contribution in [3.8, 4) is 11.5 Å². The summed E-state index contributed by atoms with van der Waals surface area (Å²) in [5, 5.41) is 0.300. The Morgan fingerprint density at radius 3 is 2.55 bits per heavy atom. The zero-order chi connectivity index (χ0) is 24.3. The Morgan fingerprint density at radius 1 is 1.21 bits per heavy atom. The van der Waals surface area contributed by atoms with Gasteiger partial charge in [0.1, 0.15) is 0 Å². The SMILES string of the molecule is CCOc1cc([C@H]2C(C(=O)OCC(C)C)=C(C)N=C3S[C@H](CC)C(=O)N32)ccc1OC(C)=O. The lowest BCUT2D eigenvalue weighted by molar-refractivity contribution is -0.141. The summed E-state index contributed by atoms with van der Waals surface area (Å²) in [6.45, 7) is 11.4. The van der Waals surface area contributed by atoms with Crippen LogP contribution < -0.4 is 9.47 Å². The number of amides is 1. The van der Waals surface area contributed by atoms with Gasteiger partial charge >= 0.3 is 11.9 Å².